The Bertz CT molecular complexity index is 329. The molecule has 1 aromatic rings. The second-order valence-corrected chi connectivity index (χ2v) is 5.56. The maximum Gasteiger partial charge on any atom is 0.203 e. The summed E-state index contributed by atoms with van der Waals surface area (Å²) in [5.41, 5.74) is 1.12. The van der Waals surface area contributed by atoms with Crippen molar-refractivity contribution >= 4 is 17.7 Å². The van der Waals surface area contributed by atoms with Gasteiger partial charge in [0, 0.05) is 24.5 Å². The van der Waals surface area contributed by atoms with Crippen LogP contribution in [0.25, 0.3) is 0 Å². The van der Waals surface area contributed by atoms with Crippen molar-refractivity contribution < 1.29 is 0 Å². The summed E-state index contributed by atoms with van der Waals surface area (Å²) in [6.45, 7) is 5.27. The lowest BCUT2D eigenvalue weighted by atomic mass is 10.2. The molecule has 0 saturated carbocycles. The highest BCUT2D eigenvalue weighted by Crippen LogP contribution is 2.29. The SMILES string of the molecule is CCCNc1nc(C)cn1C1CCCSC1. The van der Waals surface area contributed by atoms with Crippen LogP contribution in [0.5, 0.6) is 0 Å². The second kappa shape index (κ2) is 5.62. The number of aryl methyl sites for hydroxylation is 1. The van der Waals surface area contributed by atoms with E-state index in [2.05, 4.69) is 46.7 Å². The average molecular weight is 239 g/mol. The molecule has 0 spiro atoms. The zero-order valence-corrected chi connectivity index (χ0v) is 11.0. The number of nitrogens with one attached hydrogen (secondary N) is 1. The van der Waals surface area contributed by atoms with Crippen molar-refractivity contribution in [3.8, 4) is 0 Å². The largest absolute Gasteiger partial charge is 0.356 e. The second-order valence-electron chi connectivity index (χ2n) is 4.41. The predicted molar refractivity (Wildman–Crippen MR) is 71.3 cm³/mol. The minimum Gasteiger partial charge on any atom is -0.356 e. The van der Waals surface area contributed by atoms with Crippen LogP contribution in [0.15, 0.2) is 6.20 Å². The number of imidazole rings is 1. The molecule has 0 radical (unpaired) electrons. The Hall–Kier alpha value is -0.640. The fourth-order valence-corrected chi connectivity index (χ4v) is 3.24. The molecule has 16 heavy (non-hydrogen) atoms. The van der Waals surface area contributed by atoms with Crippen molar-refractivity contribution in [3.05, 3.63) is 11.9 Å². The summed E-state index contributed by atoms with van der Waals surface area (Å²) in [7, 11) is 0. The zero-order valence-electron chi connectivity index (χ0n) is 10.2. The van der Waals surface area contributed by atoms with Gasteiger partial charge in [-0.05, 0) is 31.9 Å². The first-order valence-electron chi connectivity index (χ1n) is 6.18. The summed E-state index contributed by atoms with van der Waals surface area (Å²) in [6, 6.07) is 0.638. The minimum atomic E-state index is 0.638. The molecule has 0 aromatic carbocycles. The molecule has 0 aliphatic carbocycles. The number of aromatic nitrogens is 2. The van der Waals surface area contributed by atoms with Crippen molar-refractivity contribution in [2.45, 2.75) is 39.2 Å². The van der Waals surface area contributed by atoms with Gasteiger partial charge in [-0.3, -0.25) is 0 Å². The zero-order chi connectivity index (χ0) is 11.4. The van der Waals surface area contributed by atoms with Crippen LogP contribution in [0.4, 0.5) is 5.95 Å². The molecule has 0 amide bonds. The van der Waals surface area contributed by atoms with E-state index in [1.165, 1.54) is 24.3 Å². The van der Waals surface area contributed by atoms with Gasteiger partial charge in [0.05, 0.1) is 5.69 Å². The number of thioether (sulfide) groups is 1. The Morgan fingerprint density at radius 2 is 2.50 bits per heavy atom. The maximum atomic E-state index is 4.57. The van der Waals surface area contributed by atoms with Crippen molar-refractivity contribution in [1.29, 1.82) is 0 Å². The topological polar surface area (TPSA) is 29.9 Å². The fraction of sp³-hybridized carbons (Fsp3) is 0.750. The molecule has 2 heterocycles. The van der Waals surface area contributed by atoms with Crippen LogP contribution in [0.3, 0.4) is 0 Å². The molecule has 1 atom stereocenters. The highest BCUT2D eigenvalue weighted by Gasteiger charge is 2.18. The van der Waals surface area contributed by atoms with Gasteiger partial charge < -0.3 is 9.88 Å². The third-order valence-electron chi connectivity index (χ3n) is 2.92. The van der Waals surface area contributed by atoms with Gasteiger partial charge in [0.25, 0.3) is 0 Å². The van der Waals surface area contributed by atoms with Gasteiger partial charge >= 0.3 is 0 Å². The van der Waals surface area contributed by atoms with Crippen LogP contribution < -0.4 is 5.32 Å². The highest BCUT2D eigenvalue weighted by atomic mass is 32.2. The molecule has 90 valence electrons. The summed E-state index contributed by atoms with van der Waals surface area (Å²) in [4.78, 5) is 4.57. The Labute approximate surface area is 102 Å². The monoisotopic (exact) mass is 239 g/mol. The quantitative estimate of drug-likeness (QED) is 0.875. The minimum absolute atomic E-state index is 0.638. The van der Waals surface area contributed by atoms with Gasteiger partial charge in [0.1, 0.15) is 0 Å². The molecule has 1 fully saturated rings. The molecule has 0 bridgehead atoms. The van der Waals surface area contributed by atoms with Gasteiger partial charge in [-0.15, -0.1) is 0 Å². The molecule has 1 N–H and O–H groups in total. The first-order chi connectivity index (χ1) is 7.81. The summed E-state index contributed by atoms with van der Waals surface area (Å²) in [6.07, 6.45) is 5.96. The van der Waals surface area contributed by atoms with E-state index in [1.54, 1.807) is 0 Å². The number of hydrogen-bond donors (Lipinski definition) is 1. The fourth-order valence-electron chi connectivity index (χ4n) is 2.11. The van der Waals surface area contributed by atoms with E-state index in [4.69, 9.17) is 0 Å². The van der Waals surface area contributed by atoms with E-state index >= 15 is 0 Å². The summed E-state index contributed by atoms with van der Waals surface area (Å²) < 4.78 is 2.34. The third-order valence-corrected chi connectivity index (χ3v) is 4.11. The Kier molecular flexibility index (Phi) is 4.16. The lowest BCUT2D eigenvalue weighted by Crippen LogP contribution is -2.18. The molecule has 1 aliphatic rings. The standard InChI is InChI=1S/C12H21N3S/c1-3-6-13-12-14-10(2)8-15(12)11-5-4-7-16-9-11/h8,11H,3-7,9H2,1-2H3,(H,13,14). The van der Waals surface area contributed by atoms with Gasteiger partial charge in [-0.2, -0.15) is 11.8 Å². The number of anilines is 1. The Morgan fingerprint density at radius 3 is 3.19 bits per heavy atom. The molecule has 1 aliphatic heterocycles. The van der Waals surface area contributed by atoms with Crippen molar-refractivity contribution in [1.82, 2.24) is 9.55 Å². The molecule has 1 aromatic heterocycles. The summed E-state index contributed by atoms with van der Waals surface area (Å²) in [5, 5.41) is 3.42. The van der Waals surface area contributed by atoms with Crippen LogP contribution in [-0.4, -0.2) is 27.6 Å². The van der Waals surface area contributed by atoms with Crippen LogP contribution in [-0.2, 0) is 0 Å². The van der Waals surface area contributed by atoms with Gasteiger partial charge in [-0.1, -0.05) is 6.92 Å². The van der Waals surface area contributed by atoms with Crippen LogP contribution >= 0.6 is 11.8 Å². The molecular weight excluding hydrogens is 218 g/mol. The van der Waals surface area contributed by atoms with E-state index in [0.29, 0.717) is 6.04 Å². The van der Waals surface area contributed by atoms with E-state index in [9.17, 15) is 0 Å². The Morgan fingerprint density at radius 1 is 1.62 bits per heavy atom. The molecule has 3 nitrogen and oxygen atoms in total. The van der Waals surface area contributed by atoms with Crippen LogP contribution in [0.2, 0.25) is 0 Å². The van der Waals surface area contributed by atoms with Gasteiger partial charge in [-0.25, -0.2) is 4.98 Å². The van der Waals surface area contributed by atoms with Crippen molar-refractivity contribution in [2.24, 2.45) is 0 Å². The summed E-state index contributed by atoms with van der Waals surface area (Å²) >= 11 is 2.06. The normalized spacial score (nSPS) is 21.0. The smallest absolute Gasteiger partial charge is 0.203 e. The first kappa shape index (κ1) is 11.8. The van der Waals surface area contributed by atoms with E-state index in [0.717, 1.165) is 24.6 Å². The van der Waals surface area contributed by atoms with Crippen molar-refractivity contribution in [2.75, 3.05) is 23.4 Å². The third kappa shape index (κ3) is 2.73. The molecule has 1 unspecified atom stereocenters. The first-order valence-corrected chi connectivity index (χ1v) is 7.34. The molecule has 2 rings (SSSR count). The Balaban J connectivity index is 2.10. The maximum absolute atomic E-state index is 4.57. The van der Waals surface area contributed by atoms with E-state index < -0.39 is 0 Å². The number of rotatable bonds is 4. The van der Waals surface area contributed by atoms with Crippen LogP contribution in [0.1, 0.15) is 37.9 Å². The number of nitrogens with zero attached hydrogens (tertiary/aromatic N) is 2. The summed E-state index contributed by atoms with van der Waals surface area (Å²) in [5.74, 6) is 3.62. The highest BCUT2D eigenvalue weighted by molar-refractivity contribution is 7.99. The molecule has 1 saturated heterocycles. The van der Waals surface area contributed by atoms with E-state index in [-0.39, 0.29) is 0 Å². The lowest BCUT2D eigenvalue weighted by molar-refractivity contribution is 0.503. The number of hydrogen-bond acceptors (Lipinski definition) is 3. The van der Waals surface area contributed by atoms with Crippen LogP contribution in [0, 0.1) is 6.92 Å². The lowest BCUT2D eigenvalue weighted by Gasteiger charge is -2.24. The van der Waals surface area contributed by atoms with Gasteiger partial charge in [0.2, 0.25) is 5.95 Å². The predicted octanol–water partition coefficient (Wildman–Crippen LogP) is 3.08. The molecule has 4 heteroatoms. The van der Waals surface area contributed by atoms with Crippen molar-refractivity contribution in [3.63, 3.8) is 0 Å². The molecular formula is C12H21N3S. The average Bonchev–Trinajstić information content (AvgIpc) is 2.69. The van der Waals surface area contributed by atoms with Gasteiger partial charge in [0.15, 0.2) is 0 Å². The van der Waals surface area contributed by atoms with E-state index in [1.807, 2.05) is 0 Å².